The van der Waals surface area contributed by atoms with Gasteiger partial charge in [-0.05, 0) is 24.1 Å². The summed E-state index contributed by atoms with van der Waals surface area (Å²) in [6.07, 6.45) is 3.88. The fourth-order valence-electron chi connectivity index (χ4n) is 2.88. The molecule has 116 valence electrons. The lowest BCUT2D eigenvalue weighted by molar-refractivity contribution is -0.125. The summed E-state index contributed by atoms with van der Waals surface area (Å²) in [7, 11) is 1.66. The van der Waals surface area contributed by atoms with Gasteiger partial charge < -0.3 is 11.1 Å². The van der Waals surface area contributed by atoms with Gasteiger partial charge >= 0.3 is 0 Å². The van der Waals surface area contributed by atoms with E-state index in [1.807, 2.05) is 24.3 Å². The van der Waals surface area contributed by atoms with Crippen LogP contribution in [0.4, 0.5) is 0 Å². The number of hydrogen-bond donors (Lipinski definition) is 2. The molecule has 0 saturated carbocycles. The quantitative estimate of drug-likeness (QED) is 0.824. The van der Waals surface area contributed by atoms with Crippen LogP contribution in [0.1, 0.15) is 12.0 Å². The van der Waals surface area contributed by atoms with Gasteiger partial charge in [-0.2, -0.15) is 5.10 Å². The first-order valence-electron chi connectivity index (χ1n) is 7.32. The van der Waals surface area contributed by atoms with E-state index < -0.39 is 0 Å². The molecule has 2 aromatic rings. The number of benzene rings is 1. The average molecular weight is 300 g/mol. The number of likely N-dealkylation sites (N-methyl/N-ethyl adjacent to an activating group) is 1. The smallest absolute Gasteiger partial charge is 0.237 e. The monoisotopic (exact) mass is 300 g/mol. The van der Waals surface area contributed by atoms with Crippen molar-refractivity contribution >= 4 is 5.91 Å². The number of nitrogens with zero attached hydrogens (tertiary/aromatic N) is 4. The first kappa shape index (κ1) is 14.7. The fourth-order valence-corrected chi connectivity index (χ4v) is 2.88. The molecule has 2 heterocycles. The van der Waals surface area contributed by atoms with Crippen molar-refractivity contribution in [1.82, 2.24) is 25.0 Å². The molecule has 0 radical (unpaired) electrons. The maximum absolute atomic E-state index is 11.9. The van der Waals surface area contributed by atoms with E-state index >= 15 is 0 Å². The average Bonchev–Trinajstić information content (AvgIpc) is 3.17. The van der Waals surface area contributed by atoms with Gasteiger partial charge in [0.25, 0.3) is 0 Å². The third-order valence-electron chi connectivity index (χ3n) is 3.99. The Morgan fingerprint density at radius 3 is 2.82 bits per heavy atom. The molecular weight excluding hydrogens is 280 g/mol. The van der Waals surface area contributed by atoms with E-state index in [1.54, 1.807) is 18.1 Å². The molecule has 1 amide bonds. The number of aromatic nitrogens is 3. The normalized spacial score (nSPS) is 21.9. The minimum Gasteiger partial charge on any atom is -0.358 e. The second-order valence-electron chi connectivity index (χ2n) is 5.56. The lowest BCUT2D eigenvalue weighted by atomic mass is 10.1. The van der Waals surface area contributed by atoms with Crippen LogP contribution in [0.5, 0.6) is 0 Å². The second kappa shape index (κ2) is 6.25. The Bertz CT molecular complexity index is 624. The van der Waals surface area contributed by atoms with Gasteiger partial charge in [-0.3, -0.25) is 9.69 Å². The summed E-state index contributed by atoms with van der Waals surface area (Å²) in [4.78, 5) is 18.0. The van der Waals surface area contributed by atoms with E-state index in [1.165, 1.54) is 6.33 Å². The van der Waals surface area contributed by atoms with Gasteiger partial charge in [0, 0.05) is 26.2 Å². The molecule has 1 saturated heterocycles. The molecule has 2 atom stereocenters. The van der Waals surface area contributed by atoms with Crippen LogP contribution in [0.25, 0.3) is 5.69 Å². The molecule has 7 nitrogen and oxygen atoms in total. The van der Waals surface area contributed by atoms with Crippen molar-refractivity contribution < 1.29 is 4.79 Å². The zero-order chi connectivity index (χ0) is 15.5. The molecule has 1 aromatic heterocycles. The summed E-state index contributed by atoms with van der Waals surface area (Å²) < 4.78 is 1.71. The lowest BCUT2D eigenvalue weighted by Crippen LogP contribution is -2.41. The first-order chi connectivity index (χ1) is 10.7. The molecule has 1 aliphatic heterocycles. The van der Waals surface area contributed by atoms with Crippen molar-refractivity contribution in [2.45, 2.75) is 25.0 Å². The Morgan fingerprint density at radius 1 is 1.41 bits per heavy atom. The van der Waals surface area contributed by atoms with Gasteiger partial charge in [0.2, 0.25) is 5.91 Å². The van der Waals surface area contributed by atoms with Crippen LogP contribution in [-0.4, -0.2) is 51.2 Å². The van der Waals surface area contributed by atoms with Crippen molar-refractivity contribution in [2.75, 3.05) is 13.6 Å². The van der Waals surface area contributed by atoms with Crippen molar-refractivity contribution in [2.24, 2.45) is 5.73 Å². The Labute approximate surface area is 129 Å². The predicted molar refractivity (Wildman–Crippen MR) is 82.2 cm³/mol. The molecule has 3 N–H and O–H groups in total. The highest BCUT2D eigenvalue weighted by Gasteiger charge is 2.34. The van der Waals surface area contributed by atoms with Crippen LogP contribution in [-0.2, 0) is 11.3 Å². The number of carbonyl (C=O) groups excluding carboxylic acids is 1. The highest BCUT2D eigenvalue weighted by atomic mass is 16.2. The highest BCUT2D eigenvalue weighted by molar-refractivity contribution is 5.81. The molecule has 1 fully saturated rings. The van der Waals surface area contributed by atoms with E-state index in [2.05, 4.69) is 20.3 Å². The standard InChI is InChI=1S/C15H20N6O/c1-17-15(22)14-6-12(16)8-20(14)7-11-2-4-13(5-3-11)21-10-18-9-19-21/h2-5,9-10,12,14H,6-8,16H2,1H3,(H,17,22)/t12-,14+/m1/s1. The van der Waals surface area contributed by atoms with Gasteiger partial charge in [0.05, 0.1) is 11.7 Å². The van der Waals surface area contributed by atoms with Crippen LogP contribution in [0.15, 0.2) is 36.9 Å². The van der Waals surface area contributed by atoms with Crippen molar-refractivity contribution in [3.8, 4) is 5.69 Å². The van der Waals surface area contributed by atoms with Crippen LogP contribution in [0, 0.1) is 0 Å². The van der Waals surface area contributed by atoms with E-state index in [0.717, 1.165) is 17.8 Å². The number of nitrogens with one attached hydrogen (secondary N) is 1. The molecular formula is C15H20N6O. The summed E-state index contributed by atoms with van der Waals surface area (Å²) in [6, 6.07) is 7.99. The van der Waals surface area contributed by atoms with Gasteiger partial charge in [-0.1, -0.05) is 12.1 Å². The van der Waals surface area contributed by atoms with Crippen molar-refractivity contribution in [1.29, 1.82) is 0 Å². The Morgan fingerprint density at radius 2 is 2.18 bits per heavy atom. The number of rotatable bonds is 4. The molecule has 0 unspecified atom stereocenters. The molecule has 7 heteroatoms. The SMILES string of the molecule is CNC(=O)[C@@H]1C[C@@H](N)CN1Cc1ccc(-n2cncn2)cc1. The zero-order valence-corrected chi connectivity index (χ0v) is 12.5. The van der Waals surface area contributed by atoms with Crippen LogP contribution in [0.2, 0.25) is 0 Å². The predicted octanol–water partition coefficient (Wildman–Crippen LogP) is -0.0851. The molecule has 0 aliphatic carbocycles. The third-order valence-corrected chi connectivity index (χ3v) is 3.99. The Hall–Kier alpha value is -2.25. The van der Waals surface area contributed by atoms with Gasteiger partial charge in [-0.25, -0.2) is 9.67 Å². The van der Waals surface area contributed by atoms with E-state index in [-0.39, 0.29) is 18.0 Å². The molecule has 22 heavy (non-hydrogen) atoms. The zero-order valence-electron chi connectivity index (χ0n) is 12.5. The third kappa shape index (κ3) is 3.00. The second-order valence-corrected chi connectivity index (χ2v) is 5.56. The van der Waals surface area contributed by atoms with E-state index in [0.29, 0.717) is 13.0 Å². The maximum atomic E-state index is 11.9. The molecule has 1 aliphatic rings. The molecule has 0 spiro atoms. The van der Waals surface area contributed by atoms with Gasteiger partial charge in [0.15, 0.2) is 0 Å². The largest absolute Gasteiger partial charge is 0.358 e. The number of nitrogens with two attached hydrogens (primary N) is 1. The topological polar surface area (TPSA) is 89.1 Å². The molecule has 1 aromatic carbocycles. The summed E-state index contributed by atoms with van der Waals surface area (Å²) in [5.41, 5.74) is 8.12. The van der Waals surface area contributed by atoms with Crippen LogP contribution in [0.3, 0.4) is 0 Å². The molecule has 3 rings (SSSR count). The molecule has 0 bridgehead atoms. The van der Waals surface area contributed by atoms with Crippen molar-refractivity contribution in [3.05, 3.63) is 42.5 Å². The lowest BCUT2D eigenvalue weighted by Gasteiger charge is -2.22. The van der Waals surface area contributed by atoms with E-state index in [4.69, 9.17) is 5.73 Å². The highest BCUT2D eigenvalue weighted by Crippen LogP contribution is 2.20. The summed E-state index contributed by atoms with van der Waals surface area (Å²) in [5, 5.41) is 6.82. The number of likely N-dealkylation sites (tertiary alicyclic amines) is 1. The summed E-state index contributed by atoms with van der Waals surface area (Å²) in [5.74, 6) is 0.0344. The Kier molecular flexibility index (Phi) is 4.17. The van der Waals surface area contributed by atoms with E-state index in [9.17, 15) is 4.79 Å². The van der Waals surface area contributed by atoms with Gasteiger partial charge in [0.1, 0.15) is 12.7 Å². The minimum atomic E-state index is -0.144. The van der Waals surface area contributed by atoms with Crippen LogP contribution >= 0.6 is 0 Å². The number of hydrogen-bond acceptors (Lipinski definition) is 5. The van der Waals surface area contributed by atoms with Crippen molar-refractivity contribution in [3.63, 3.8) is 0 Å². The summed E-state index contributed by atoms with van der Waals surface area (Å²) >= 11 is 0. The summed E-state index contributed by atoms with van der Waals surface area (Å²) in [6.45, 7) is 1.45. The van der Waals surface area contributed by atoms with Gasteiger partial charge in [-0.15, -0.1) is 0 Å². The first-order valence-corrected chi connectivity index (χ1v) is 7.32. The number of carbonyl (C=O) groups is 1. The minimum absolute atomic E-state index is 0.0344. The Balaban J connectivity index is 1.71. The maximum Gasteiger partial charge on any atom is 0.237 e. The fraction of sp³-hybridized carbons (Fsp3) is 0.400. The van der Waals surface area contributed by atoms with Crippen LogP contribution < -0.4 is 11.1 Å². The number of amides is 1.